The Morgan fingerprint density at radius 1 is 0.967 bits per heavy atom. The largest absolute Gasteiger partial charge is 0.497 e. The molecular weight excluding hydrogens is 392 g/mol. The van der Waals surface area contributed by atoms with Gasteiger partial charge in [-0.3, -0.25) is 14.9 Å². The Labute approximate surface area is 172 Å². The molecule has 0 saturated heterocycles. The lowest BCUT2D eigenvalue weighted by atomic mass is 10.0. The Hall–Kier alpha value is -4.01. The van der Waals surface area contributed by atoms with Crippen molar-refractivity contribution in [3.63, 3.8) is 0 Å². The van der Waals surface area contributed by atoms with Crippen LogP contribution in [0.3, 0.4) is 0 Å². The normalized spacial score (nSPS) is 10.5. The summed E-state index contributed by atoms with van der Waals surface area (Å²) < 4.78 is 15.7. The Morgan fingerprint density at radius 3 is 2.00 bits per heavy atom. The molecule has 0 fully saturated rings. The topological polar surface area (TPSA) is 124 Å². The molecule has 0 atom stereocenters. The van der Waals surface area contributed by atoms with Crippen LogP contribution in [0.15, 0.2) is 42.5 Å². The Kier molecular flexibility index (Phi) is 5.91. The average Bonchev–Trinajstić information content (AvgIpc) is 3.12. The predicted octanol–water partition coefficient (Wildman–Crippen LogP) is 3.91. The highest BCUT2D eigenvalue weighted by Gasteiger charge is 2.30. The molecule has 3 rings (SSSR count). The molecule has 0 aliphatic rings. The van der Waals surface area contributed by atoms with E-state index in [0.29, 0.717) is 28.4 Å². The van der Waals surface area contributed by atoms with Crippen LogP contribution in [0.2, 0.25) is 0 Å². The van der Waals surface area contributed by atoms with Gasteiger partial charge in [0.15, 0.2) is 0 Å². The number of benzene rings is 2. The van der Waals surface area contributed by atoms with E-state index in [0.717, 1.165) is 0 Å². The minimum atomic E-state index is -1.12. The summed E-state index contributed by atoms with van der Waals surface area (Å²) in [6, 6.07) is 11.5. The maximum Gasteiger partial charge on any atom is 0.309 e. The Morgan fingerprint density at radius 2 is 1.53 bits per heavy atom. The molecule has 0 aliphatic heterocycles. The van der Waals surface area contributed by atoms with Gasteiger partial charge in [-0.05, 0) is 29.8 Å². The lowest BCUT2D eigenvalue weighted by Gasteiger charge is -2.07. The molecule has 0 saturated carbocycles. The maximum atomic E-state index is 12.1. The van der Waals surface area contributed by atoms with Crippen LogP contribution in [0.1, 0.15) is 5.69 Å². The van der Waals surface area contributed by atoms with Gasteiger partial charge in [-0.1, -0.05) is 12.1 Å². The van der Waals surface area contributed by atoms with Gasteiger partial charge in [0, 0.05) is 17.3 Å². The standard InChI is InChI=1S/C21H20N2O7/c1-28-14-6-4-12(5-7-14)19-17(11-18(24)25)22-20(21(19)23(26)27)13-8-15(29-2)10-16(9-13)30-3/h4-10,22H,11H2,1-3H3,(H,24,25). The van der Waals surface area contributed by atoms with Crippen molar-refractivity contribution in [2.45, 2.75) is 6.42 Å². The van der Waals surface area contributed by atoms with Gasteiger partial charge in [0.25, 0.3) is 0 Å². The molecular formula is C21H20N2O7. The van der Waals surface area contributed by atoms with Crippen LogP contribution in [0.25, 0.3) is 22.4 Å². The summed E-state index contributed by atoms with van der Waals surface area (Å²) in [5, 5.41) is 21.4. The molecule has 1 aromatic heterocycles. The summed E-state index contributed by atoms with van der Waals surface area (Å²) in [6.07, 6.45) is -0.413. The molecule has 0 amide bonds. The Bertz CT molecular complexity index is 1070. The van der Waals surface area contributed by atoms with Gasteiger partial charge in [-0.2, -0.15) is 0 Å². The van der Waals surface area contributed by atoms with E-state index in [9.17, 15) is 20.0 Å². The molecule has 0 bridgehead atoms. The summed E-state index contributed by atoms with van der Waals surface area (Å²) in [6.45, 7) is 0. The second-order valence-corrected chi connectivity index (χ2v) is 6.36. The van der Waals surface area contributed by atoms with Crippen molar-refractivity contribution >= 4 is 11.7 Å². The molecule has 9 nitrogen and oxygen atoms in total. The van der Waals surface area contributed by atoms with Crippen molar-refractivity contribution in [3.05, 3.63) is 58.3 Å². The summed E-state index contributed by atoms with van der Waals surface area (Å²) >= 11 is 0. The van der Waals surface area contributed by atoms with Crippen LogP contribution in [0.4, 0.5) is 5.69 Å². The summed E-state index contributed by atoms with van der Waals surface area (Å²) in [4.78, 5) is 25.9. The van der Waals surface area contributed by atoms with Crippen LogP contribution >= 0.6 is 0 Å². The van der Waals surface area contributed by atoms with Gasteiger partial charge >= 0.3 is 11.7 Å². The van der Waals surface area contributed by atoms with E-state index in [-0.39, 0.29) is 22.6 Å². The van der Waals surface area contributed by atoms with Crippen molar-refractivity contribution in [2.24, 2.45) is 0 Å². The molecule has 2 aromatic carbocycles. The van der Waals surface area contributed by atoms with Crippen LogP contribution in [0, 0.1) is 10.1 Å². The number of nitro groups is 1. The quantitative estimate of drug-likeness (QED) is 0.424. The molecule has 0 spiro atoms. The molecule has 30 heavy (non-hydrogen) atoms. The number of aromatic nitrogens is 1. The van der Waals surface area contributed by atoms with Gasteiger partial charge < -0.3 is 24.3 Å². The van der Waals surface area contributed by atoms with Crippen LogP contribution in [0.5, 0.6) is 17.2 Å². The maximum absolute atomic E-state index is 12.1. The molecule has 1 heterocycles. The van der Waals surface area contributed by atoms with Crippen molar-refractivity contribution < 1.29 is 29.0 Å². The number of aromatic amines is 1. The van der Waals surface area contributed by atoms with Crippen LogP contribution < -0.4 is 14.2 Å². The van der Waals surface area contributed by atoms with Gasteiger partial charge in [-0.15, -0.1) is 0 Å². The van der Waals surface area contributed by atoms with E-state index in [1.165, 1.54) is 21.3 Å². The monoisotopic (exact) mass is 412 g/mol. The number of carbonyl (C=O) groups is 1. The van der Waals surface area contributed by atoms with E-state index >= 15 is 0 Å². The molecule has 9 heteroatoms. The molecule has 3 aromatic rings. The van der Waals surface area contributed by atoms with Crippen molar-refractivity contribution in [1.29, 1.82) is 0 Å². The van der Waals surface area contributed by atoms with E-state index in [1.807, 2.05) is 0 Å². The smallest absolute Gasteiger partial charge is 0.309 e. The number of methoxy groups -OCH3 is 3. The zero-order valence-corrected chi connectivity index (χ0v) is 16.6. The first-order valence-electron chi connectivity index (χ1n) is 8.86. The molecule has 0 radical (unpaired) electrons. The second kappa shape index (κ2) is 8.56. The van der Waals surface area contributed by atoms with E-state index in [4.69, 9.17) is 14.2 Å². The number of carboxylic acids is 1. The fraction of sp³-hybridized carbons (Fsp3) is 0.190. The highest BCUT2D eigenvalue weighted by molar-refractivity contribution is 5.90. The highest BCUT2D eigenvalue weighted by atomic mass is 16.6. The average molecular weight is 412 g/mol. The van der Waals surface area contributed by atoms with Gasteiger partial charge in [0.1, 0.15) is 22.9 Å². The molecule has 0 unspecified atom stereocenters. The highest BCUT2D eigenvalue weighted by Crippen LogP contribution is 2.43. The first-order valence-corrected chi connectivity index (χ1v) is 8.86. The first-order chi connectivity index (χ1) is 14.4. The van der Waals surface area contributed by atoms with Crippen LogP contribution in [-0.4, -0.2) is 42.3 Å². The minimum Gasteiger partial charge on any atom is -0.497 e. The number of hydrogen-bond donors (Lipinski definition) is 2. The zero-order chi connectivity index (χ0) is 21.8. The predicted molar refractivity (Wildman–Crippen MR) is 109 cm³/mol. The zero-order valence-electron chi connectivity index (χ0n) is 16.6. The number of H-pyrrole nitrogens is 1. The third-order valence-electron chi connectivity index (χ3n) is 4.58. The molecule has 2 N–H and O–H groups in total. The number of ether oxygens (including phenoxy) is 3. The van der Waals surface area contributed by atoms with Crippen molar-refractivity contribution in [2.75, 3.05) is 21.3 Å². The first kappa shape index (κ1) is 20.7. The van der Waals surface area contributed by atoms with Crippen molar-refractivity contribution in [1.82, 2.24) is 4.98 Å². The number of hydrogen-bond acceptors (Lipinski definition) is 6. The van der Waals surface area contributed by atoms with Crippen molar-refractivity contribution in [3.8, 4) is 39.6 Å². The summed E-state index contributed by atoms with van der Waals surface area (Å²) in [7, 11) is 4.46. The van der Waals surface area contributed by atoms with Gasteiger partial charge in [-0.25, -0.2) is 0 Å². The summed E-state index contributed by atoms with van der Waals surface area (Å²) in [5.41, 5.74) is 1.30. The SMILES string of the molecule is COc1ccc(-c2c(CC(=O)O)[nH]c(-c3cc(OC)cc(OC)c3)c2[N+](=O)[O-])cc1. The molecule has 156 valence electrons. The third-order valence-corrected chi connectivity index (χ3v) is 4.58. The van der Waals surface area contributed by atoms with Gasteiger partial charge in [0.05, 0.1) is 38.2 Å². The lowest BCUT2D eigenvalue weighted by molar-refractivity contribution is -0.383. The van der Waals surface area contributed by atoms with E-state index in [1.54, 1.807) is 42.5 Å². The number of carboxylic acid groups (broad SMARTS) is 1. The second-order valence-electron chi connectivity index (χ2n) is 6.36. The summed E-state index contributed by atoms with van der Waals surface area (Å²) in [5.74, 6) is 0.350. The van der Waals surface area contributed by atoms with Crippen LogP contribution in [-0.2, 0) is 11.2 Å². The third kappa shape index (κ3) is 4.04. The minimum absolute atomic E-state index is 0.166. The number of rotatable bonds is 8. The number of nitrogens with one attached hydrogen (secondary N) is 1. The lowest BCUT2D eigenvalue weighted by Crippen LogP contribution is -2.02. The fourth-order valence-electron chi connectivity index (χ4n) is 3.24. The van der Waals surface area contributed by atoms with E-state index < -0.39 is 17.3 Å². The Balaban J connectivity index is 2.30. The van der Waals surface area contributed by atoms with Gasteiger partial charge in [0.2, 0.25) is 0 Å². The number of aliphatic carboxylic acids is 1. The fourth-order valence-corrected chi connectivity index (χ4v) is 3.24. The van der Waals surface area contributed by atoms with E-state index in [2.05, 4.69) is 4.98 Å². The number of nitrogens with zero attached hydrogens (tertiary/aromatic N) is 1. The molecule has 0 aliphatic carbocycles.